The van der Waals surface area contributed by atoms with E-state index in [-0.39, 0.29) is 22.9 Å². The van der Waals surface area contributed by atoms with E-state index in [2.05, 4.69) is 9.97 Å². The number of carboxylic acid groups (broad SMARTS) is 1. The van der Waals surface area contributed by atoms with Gasteiger partial charge in [-0.1, -0.05) is 0 Å². The minimum Gasteiger partial charge on any atom is -0.478 e. The van der Waals surface area contributed by atoms with Crippen LogP contribution >= 0.6 is 0 Å². The molecule has 1 aromatic heterocycles. The first kappa shape index (κ1) is 16.8. The standard InChI is InChI=1S/C14H14FN3O4S/c1-8-11(13(19)20)12(9-4-6-10(15)7-5-9)17-14(16-8)18(2)23(3,21)22/h4-7H,1-3H3,(H,19,20). The van der Waals surface area contributed by atoms with Crippen molar-refractivity contribution in [2.45, 2.75) is 6.92 Å². The van der Waals surface area contributed by atoms with Crippen LogP contribution in [0.4, 0.5) is 10.3 Å². The number of aromatic carboxylic acids is 1. The van der Waals surface area contributed by atoms with Crippen LogP contribution in [0.3, 0.4) is 0 Å². The van der Waals surface area contributed by atoms with Gasteiger partial charge in [-0.3, -0.25) is 0 Å². The molecule has 7 nitrogen and oxygen atoms in total. The van der Waals surface area contributed by atoms with Gasteiger partial charge in [0.15, 0.2) is 0 Å². The summed E-state index contributed by atoms with van der Waals surface area (Å²) < 4.78 is 37.2. The van der Waals surface area contributed by atoms with Gasteiger partial charge in [0.05, 0.1) is 17.6 Å². The van der Waals surface area contributed by atoms with Crippen LogP contribution in [0.5, 0.6) is 0 Å². The number of carboxylic acids is 1. The molecule has 2 aromatic rings. The second kappa shape index (κ2) is 5.92. The van der Waals surface area contributed by atoms with E-state index in [0.29, 0.717) is 5.56 Å². The Bertz CT molecular complexity index is 866. The highest BCUT2D eigenvalue weighted by Gasteiger charge is 2.23. The van der Waals surface area contributed by atoms with Crippen molar-refractivity contribution in [3.05, 3.63) is 41.3 Å². The molecule has 1 heterocycles. The van der Waals surface area contributed by atoms with Crippen LogP contribution in [-0.2, 0) is 10.0 Å². The van der Waals surface area contributed by atoms with E-state index in [4.69, 9.17) is 0 Å². The Morgan fingerprint density at radius 3 is 2.26 bits per heavy atom. The number of benzene rings is 1. The fourth-order valence-electron chi connectivity index (χ4n) is 1.92. The number of sulfonamides is 1. The Morgan fingerprint density at radius 1 is 1.22 bits per heavy atom. The van der Waals surface area contributed by atoms with Crippen LogP contribution in [0.1, 0.15) is 16.1 Å². The van der Waals surface area contributed by atoms with Gasteiger partial charge in [0.1, 0.15) is 11.4 Å². The quantitative estimate of drug-likeness (QED) is 0.910. The van der Waals surface area contributed by atoms with Crippen molar-refractivity contribution >= 4 is 21.9 Å². The van der Waals surface area contributed by atoms with Crippen molar-refractivity contribution in [2.75, 3.05) is 17.6 Å². The molecule has 23 heavy (non-hydrogen) atoms. The second-order valence-electron chi connectivity index (χ2n) is 4.88. The zero-order valence-electron chi connectivity index (χ0n) is 12.6. The molecule has 0 aliphatic carbocycles. The fourth-order valence-corrected chi connectivity index (χ4v) is 2.30. The first-order valence-electron chi connectivity index (χ1n) is 6.43. The van der Waals surface area contributed by atoms with Crippen LogP contribution in [0.2, 0.25) is 0 Å². The van der Waals surface area contributed by atoms with Crippen molar-refractivity contribution in [1.29, 1.82) is 0 Å². The van der Waals surface area contributed by atoms with Gasteiger partial charge >= 0.3 is 5.97 Å². The molecular formula is C14H14FN3O4S. The first-order chi connectivity index (χ1) is 10.6. The summed E-state index contributed by atoms with van der Waals surface area (Å²) in [7, 11) is -2.35. The number of anilines is 1. The average Bonchev–Trinajstić information content (AvgIpc) is 2.45. The van der Waals surface area contributed by atoms with Crippen LogP contribution in [0, 0.1) is 12.7 Å². The molecular weight excluding hydrogens is 325 g/mol. The summed E-state index contributed by atoms with van der Waals surface area (Å²) in [5.74, 6) is -1.89. The first-order valence-corrected chi connectivity index (χ1v) is 8.28. The molecule has 1 N–H and O–H groups in total. The van der Waals surface area contributed by atoms with Crippen molar-refractivity contribution in [1.82, 2.24) is 9.97 Å². The molecule has 0 aliphatic heterocycles. The summed E-state index contributed by atoms with van der Waals surface area (Å²) in [6.07, 6.45) is 0.981. The SMILES string of the molecule is Cc1nc(N(C)S(C)(=O)=O)nc(-c2ccc(F)cc2)c1C(=O)O. The maximum absolute atomic E-state index is 13.1. The molecule has 0 atom stereocenters. The summed E-state index contributed by atoms with van der Waals surface area (Å²) in [6.45, 7) is 1.44. The van der Waals surface area contributed by atoms with Gasteiger partial charge < -0.3 is 5.11 Å². The lowest BCUT2D eigenvalue weighted by molar-refractivity contribution is 0.0696. The predicted octanol–water partition coefficient (Wildman–Crippen LogP) is 1.69. The van der Waals surface area contributed by atoms with E-state index in [1.165, 1.54) is 38.2 Å². The van der Waals surface area contributed by atoms with Crippen molar-refractivity contribution < 1.29 is 22.7 Å². The Kier molecular flexibility index (Phi) is 4.33. The number of halogens is 1. The van der Waals surface area contributed by atoms with Gasteiger partial charge in [0, 0.05) is 12.6 Å². The van der Waals surface area contributed by atoms with Gasteiger partial charge in [-0.05, 0) is 31.2 Å². The zero-order valence-corrected chi connectivity index (χ0v) is 13.4. The monoisotopic (exact) mass is 339 g/mol. The number of hydrogen-bond donors (Lipinski definition) is 1. The Labute approximate surface area is 132 Å². The van der Waals surface area contributed by atoms with Gasteiger partial charge in [0.25, 0.3) is 0 Å². The molecule has 0 fully saturated rings. The van der Waals surface area contributed by atoms with Crippen molar-refractivity contribution in [3.8, 4) is 11.3 Å². The molecule has 2 rings (SSSR count). The molecule has 0 aliphatic rings. The summed E-state index contributed by atoms with van der Waals surface area (Å²) in [5, 5.41) is 9.37. The number of aromatic nitrogens is 2. The van der Waals surface area contributed by atoms with E-state index < -0.39 is 21.8 Å². The molecule has 122 valence electrons. The average molecular weight is 339 g/mol. The Hall–Kier alpha value is -2.55. The van der Waals surface area contributed by atoms with Gasteiger partial charge in [0.2, 0.25) is 16.0 Å². The summed E-state index contributed by atoms with van der Waals surface area (Å²) in [5.41, 5.74) is 0.313. The Morgan fingerprint density at radius 2 is 1.78 bits per heavy atom. The van der Waals surface area contributed by atoms with Crippen molar-refractivity contribution in [2.24, 2.45) is 0 Å². The second-order valence-corrected chi connectivity index (χ2v) is 6.89. The normalized spacial score (nSPS) is 11.3. The molecule has 0 amide bonds. The minimum absolute atomic E-state index is 0.0236. The zero-order chi connectivity index (χ0) is 17.4. The number of aryl methyl sites for hydroxylation is 1. The minimum atomic E-state index is -3.61. The van der Waals surface area contributed by atoms with Crippen LogP contribution in [0.15, 0.2) is 24.3 Å². The highest BCUT2D eigenvalue weighted by molar-refractivity contribution is 7.92. The number of hydrogen-bond acceptors (Lipinski definition) is 5. The molecule has 9 heteroatoms. The maximum Gasteiger partial charge on any atom is 0.339 e. The van der Waals surface area contributed by atoms with E-state index in [0.717, 1.165) is 10.6 Å². The predicted molar refractivity (Wildman–Crippen MR) is 82.4 cm³/mol. The molecule has 1 aromatic carbocycles. The summed E-state index contributed by atoms with van der Waals surface area (Å²) >= 11 is 0. The molecule has 0 spiro atoms. The highest BCUT2D eigenvalue weighted by atomic mass is 32.2. The third-order valence-electron chi connectivity index (χ3n) is 3.19. The van der Waals surface area contributed by atoms with E-state index in [9.17, 15) is 22.7 Å². The van der Waals surface area contributed by atoms with E-state index >= 15 is 0 Å². The number of carbonyl (C=O) groups is 1. The van der Waals surface area contributed by atoms with Crippen LogP contribution in [0.25, 0.3) is 11.3 Å². The lowest BCUT2D eigenvalue weighted by Crippen LogP contribution is -2.27. The van der Waals surface area contributed by atoms with Gasteiger partial charge in [-0.25, -0.2) is 31.9 Å². The maximum atomic E-state index is 13.1. The highest BCUT2D eigenvalue weighted by Crippen LogP contribution is 2.26. The number of rotatable bonds is 4. The number of nitrogens with zero attached hydrogens (tertiary/aromatic N) is 3. The van der Waals surface area contributed by atoms with Gasteiger partial charge in [-0.15, -0.1) is 0 Å². The van der Waals surface area contributed by atoms with Crippen LogP contribution in [-0.4, -0.2) is 42.8 Å². The van der Waals surface area contributed by atoms with Gasteiger partial charge in [-0.2, -0.15) is 0 Å². The van der Waals surface area contributed by atoms with Crippen molar-refractivity contribution in [3.63, 3.8) is 0 Å². The molecule has 0 radical (unpaired) electrons. The molecule has 0 unspecified atom stereocenters. The lowest BCUT2D eigenvalue weighted by atomic mass is 10.0. The third-order valence-corrected chi connectivity index (χ3v) is 4.35. The van der Waals surface area contributed by atoms with E-state index in [1.54, 1.807) is 0 Å². The third kappa shape index (κ3) is 3.45. The molecule has 0 saturated carbocycles. The van der Waals surface area contributed by atoms with E-state index in [1.807, 2.05) is 0 Å². The smallest absolute Gasteiger partial charge is 0.339 e. The Balaban J connectivity index is 2.74. The summed E-state index contributed by atoms with van der Waals surface area (Å²) in [4.78, 5) is 19.5. The summed E-state index contributed by atoms with van der Waals surface area (Å²) in [6, 6.07) is 5.07. The molecule has 0 saturated heterocycles. The largest absolute Gasteiger partial charge is 0.478 e. The topological polar surface area (TPSA) is 100 Å². The van der Waals surface area contributed by atoms with Crippen LogP contribution < -0.4 is 4.31 Å². The fraction of sp³-hybridized carbons (Fsp3) is 0.214. The molecule has 0 bridgehead atoms. The lowest BCUT2D eigenvalue weighted by Gasteiger charge is -2.17.